The topological polar surface area (TPSA) is 96.0 Å². The highest BCUT2D eigenvalue weighted by atomic mass is 32.2. The minimum atomic E-state index is -2.90. The van der Waals surface area contributed by atoms with Crippen LogP contribution in [-0.4, -0.2) is 78.5 Å². The van der Waals surface area contributed by atoms with Gasteiger partial charge in [-0.25, -0.2) is 16.8 Å². The van der Waals surface area contributed by atoms with Crippen molar-refractivity contribution in [3.8, 4) is 0 Å². The van der Waals surface area contributed by atoms with Crippen molar-refractivity contribution < 1.29 is 31.0 Å². The Hall–Kier alpha value is -0.220. The Morgan fingerprint density at radius 1 is 0.714 bits per heavy atom. The van der Waals surface area contributed by atoms with Crippen LogP contribution in [0.2, 0.25) is 0 Å². The Labute approximate surface area is 125 Å². The van der Waals surface area contributed by atoms with Gasteiger partial charge in [-0.1, -0.05) is 0 Å². The Bertz CT molecular complexity index is 478. The van der Waals surface area contributed by atoms with Gasteiger partial charge in [0.1, 0.15) is 0 Å². The standard InChI is InChI=1S/C12H22O7S2/c13-20(14)7-1-11(9-20)18-5-3-17-4-6-19-12-2-8-21(15,16)10-12/h11-12H,1-10H2/t11-,12-/m1/s1. The Kier molecular flexibility index (Phi) is 6.01. The molecule has 0 aromatic heterocycles. The maximum absolute atomic E-state index is 11.2. The molecule has 2 aliphatic rings. The van der Waals surface area contributed by atoms with Gasteiger partial charge in [0.15, 0.2) is 19.7 Å². The first kappa shape index (κ1) is 17.1. The number of rotatable bonds is 8. The summed E-state index contributed by atoms with van der Waals surface area (Å²) in [7, 11) is -5.80. The largest absolute Gasteiger partial charge is 0.377 e. The van der Waals surface area contributed by atoms with Crippen LogP contribution in [0.1, 0.15) is 12.8 Å². The normalized spacial score (nSPS) is 30.7. The molecule has 2 heterocycles. The second-order valence-electron chi connectivity index (χ2n) is 5.40. The van der Waals surface area contributed by atoms with E-state index in [-0.39, 0.29) is 35.2 Å². The lowest BCUT2D eigenvalue weighted by atomic mass is 10.3. The third kappa shape index (κ3) is 6.19. The minimum absolute atomic E-state index is 0.103. The van der Waals surface area contributed by atoms with E-state index in [1.54, 1.807) is 0 Å². The van der Waals surface area contributed by atoms with Gasteiger partial charge in [-0.05, 0) is 12.8 Å². The zero-order valence-corrected chi connectivity index (χ0v) is 13.5. The van der Waals surface area contributed by atoms with Crippen molar-refractivity contribution in [2.45, 2.75) is 25.0 Å². The zero-order chi connectivity index (χ0) is 15.3. The molecule has 7 nitrogen and oxygen atoms in total. The fourth-order valence-corrected chi connectivity index (χ4v) is 5.67. The summed E-state index contributed by atoms with van der Waals surface area (Å²) >= 11 is 0. The van der Waals surface area contributed by atoms with Gasteiger partial charge < -0.3 is 14.2 Å². The molecule has 0 aromatic rings. The zero-order valence-electron chi connectivity index (χ0n) is 11.9. The summed E-state index contributed by atoms with van der Waals surface area (Å²) in [4.78, 5) is 0. The molecule has 0 bridgehead atoms. The lowest BCUT2D eigenvalue weighted by Gasteiger charge is -2.12. The monoisotopic (exact) mass is 342 g/mol. The summed E-state index contributed by atoms with van der Waals surface area (Å²) < 4.78 is 61.0. The van der Waals surface area contributed by atoms with Crippen molar-refractivity contribution >= 4 is 19.7 Å². The molecule has 9 heteroatoms. The molecule has 0 amide bonds. The highest BCUT2D eigenvalue weighted by Gasteiger charge is 2.29. The van der Waals surface area contributed by atoms with Gasteiger partial charge in [-0.2, -0.15) is 0 Å². The second-order valence-corrected chi connectivity index (χ2v) is 9.86. The van der Waals surface area contributed by atoms with Gasteiger partial charge in [0, 0.05) is 0 Å². The van der Waals surface area contributed by atoms with Crippen LogP contribution >= 0.6 is 0 Å². The van der Waals surface area contributed by atoms with Crippen LogP contribution < -0.4 is 0 Å². The van der Waals surface area contributed by atoms with E-state index < -0.39 is 19.7 Å². The van der Waals surface area contributed by atoms with E-state index >= 15 is 0 Å². The molecule has 124 valence electrons. The molecular formula is C12H22O7S2. The van der Waals surface area contributed by atoms with Gasteiger partial charge in [0.2, 0.25) is 0 Å². The number of ether oxygens (including phenoxy) is 3. The minimum Gasteiger partial charge on any atom is -0.377 e. The van der Waals surface area contributed by atoms with Crippen molar-refractivity contribution in [3.05, 3.63) is 0 Å². The van der Waals surface area contributed by atoms with Crippen LogP contribution in [0.4, 0.5) is 0 Å². The molecular weight excluding hydrogens is 320 g/mol. The second kappa shape index (κ2) is 7.36. The smallest absolute Gasteiger partial charge is 0.152 e. The van der Waals surface area contributed by atoms with Crippen molar-refractivity contribution in [1.29, 1.82) is 0 Å². The molecule has 0 unspecified atom stereocenters. The van der Waals surface area contributed by atoms with E-state index in [2.05, 4.69) is 0 Å². The lowest BCUT2D eigenvalue weighted by molar-refractivity contribution is -0.0162. The summed E-state index contributed by atoms with van der Waals surface area (Å²) in [6, 6.07) is 0. The predicted molar refractivity (Wildman–Crippen MR) is 76.8 cm³/mol. The molecule has 0 radical (unpaired) electrons. The third-order valence-corrected chi connectivity index (χ3v) is 7.02. The fraction of sp³-hybridized carbons (Fsp3) is 1.00. The molecule has 0 aromatic carbocycles. The van der Waals surface area contributed by atoms with Gasteiger partial charge >= 0.3 is 0 Å². The van der Waals surface area contributed by atoms with Crippen LogP contribution in [0.5, 0.6) is 0 Å². The van der Waals surface area contributed by atoms with Crippen LogP contribution in [0.25, 0.3) is 0 Å². The van der Waals surface area contributed by atoms with Crippen LogP contribution in [0.3, 0.4) is 0 Å². The lowest BCUT2D eigenvalue weighted by Crippen LogP contribution is -2.20. The Balaban J connectivity index is 1.44. The summed E-state index contributed by atoms with van der Waals surface area (Å²) in [5.74, 6) is 0.617. The fourth-order valence-electron chi connectivity index (χ4n) is 2.43. The third-order valence-electron chi connectivity index (χ3n) is 3.54. The summed E-state index contributed by atoms with van der Waals surface area (Å²) in [6.07, 6.45) is 0.695. The van der Waals surface area contributed by atoms with E-state index in [4.69, 9.17) is 14.2 Å². The van der Waals surface area contributed by atoms with Crippen LogP contribution in [-0.2, 0) is 33.9 Å². The van der Waals surface area contributed by atoms with E-state index in [9.17, 15) is 16.8 Å². The quantitative estimate of drug-likeness (QED) is 0.544. The first-order chi connectivity index (χ1) is 9.86. The van der Waals surface area contributed by atoms with Crippen molar-refractivity contribution in [2.75, 3.05) is 49.4 Å². The van der Waals surface area contributed by atoms with E-state index in [0.29, 0.717) is 39.3 Å². The maximum Gasteiger partial charge on any atom is 0.152 e. The van der Waals surface area contributed by atoms with Crippen molar-refractivity contribution in [2.24, 2.45) is 0 Å². The van der Waals surface area contributed by atoms with Gasteiger partial charge in [-0.15, -0.1) is 0 Å². The first-order valence-corrected chi connectivity index (χ1v) is 10.7. The van der Waals surface area contributed by atoms with Gasteiger partial charge in [-0.3, -0.25) is 0 Å². The predicted octanol–water partition coefficient (Wildman–Crippen LogP) is -0.590. The molecule has 2 fully saturated rings. The van der Waals surface area contributed by atoms with Gasteiger partial charge in [0.25, 0.3) is 0 Å². The molecule has 0 aliphatic carbocycles. The van der Waals surface area contributed by atoms with E-state index in [0.717, 1.165) is 0 Å². The van der Waals surface area contributed by atoms with Crippen LogP contribution in [0, 0.1) is 0 Å². The Morgan fingerprint density at radius 2 is 1.14 bits per heavy atom. The molecule has 2 aliphatic heterocycles. The van der Waals surface area contributed by atoms with Gasteiger partial charge in [0.05, 0.1) is 61.6 Å². The molecule has 21 heavy (non-hydrogen) atoms. The first-order valence-electron chi connectivity index (χ1n) is 7.08. The van der Waals surface area contributed by atoms with E-state index in [1.807, 2.05) is 0 Å². The number of hydrogen-bond acceptors (Lipinski definition) is 7. The molecule has 0 N–H and O–H groups in total. The highest BCUT2D eigenvalue weighted by Crippen LogP contribution is 2.15. The number of sulfone groups is 2. The average Bonchev–Trinajstić information content (AvgIpc) is 2.90. The molecule has 2 saturated heterocycles. The average molecular weight is 342 g/mol. The highest BCUT2D eigenvalue weighted by molar-refractivity contribution is 7.91. The summed E-state index contributed by atoms with van der Waals surface area (Å²) in [5, 5.41) is 0. The summed E-state index contributed by atoms with van der Waals surface area (Å²) in [5.41, 5.74) is 0. The summed E-state index contributed by atoms with van der Waals surface area (Å²) in [6.45, 7) is 1.47. The molecule has 0 spiro atoms. The van der Waals surface area contributed by atoms with E-state index in [1.165, 1.54) is 0 Å². The SMILES string of the molecule is O=S1(=O)CC[C@@H](OCCOCCO[C@@H]2CCS(=O)(=O)C2)C1. The number of hydrogen-bond donors (Lipinski definition) is 0. The Morgan fingerprint density at radius 3 is 1.48 bits per heavy atom. The van der Waals surface area contributed by atoms with Crippen molar-refractivity contribution in [1.82, 2.24) is 0 Å². The molecule has 2 atom stereocenters. The molecule has 0 saturated carbocycles. The molecule has 2 rings (SSSR count). The van der Waals surface area contributed by atoms with Crippen LogP contribution in [0.15, 0.2) is 0 Å². The maximum atomic E-state index is 11.2. The van der Waals surface area contributed by atoms with Crippen molar-refractivity contribution in [3.63, 3.8) is 0 Å².